The van der Waals surface area contributed by atoms with E-state index in [1.54, 1.807) is 0 Å². The van der Waals surface area contributed by atoms with Gasteiger partial charge in [0, 0.05) is 0 Å². The third-order valence-electron chi connectivity index (χ3n) is 3.46. The van der Waals surface area contributed by atoms with Crippen molar-refractivity contribution in [3.8, 4) is 0 Å². The number of rotatable bonds is 10. The first kappa shape index (κ1) is 25.9. The zero-order valence-corrected chi connectivity index (χ0v) is 16.6. The summed E-state index contributed by atoms with van der Waals surface area (Å²) in [5.41, 5.74) is 5.09. The first-order valence-electron chi connectivity index (χ1n) is 8.93. The summed E-state index contributed by atoms with van der Waals surface area (Å²) in [5, 5.41) is 0. The van der Waals surface area contributed by atoms with Gasteiger partial charge in [-0.1, -0.05) is 109 Å². The van der Waals surface area contributed by atoms with Crippen molar-refractivity contribution >= 4 is 0 Å². The summed E-state index contributed by atoms with van der Waals surface area (Å²) in [6.45, 7) is 14.2. The largest absolute Gasteiger partial charge is 0.103 e. The van der Waals surface area contributed by atoms with Gasteiger partial charge in [0.05, 0.1) is 0 Å². The van der Waals surface area contributed by atoms with Crippen LogP contribution in [0.4, 0.5) is 0 Å². The highest BCUT2D eigenvalue weighted by Crippen LogP contribution is 2.05. The number of hydrogen-bond donors (Lipinski definition) is 0. The number of allylic oxidation sites excluding steroid dienone is 17. The highest BCUT2D eigenvalue weighted by atomic mass is 13.9. The zero-order valence-electron chi connectivity index (χ0n) is 16.6. The van der Waals surface area contributed by atoms with Crippen molar-refractivity contribution in [1.82, 2.24) is 0 Å². The van der Waals surface area contributed by atoms with Crippen LogP contribution >= 0.6 is 0 Å². The van der Waals surface area contributed by atoms with E-state index < -0.39 is 0 Å². The highest BCUT2D eigenvalue weighted by molar-refractivity contribution is 5.31. The molecular weight excluding hydrogens is 312 g/mol. The van der Waals surface area contributed by atoms with Gasteiger partial charge in [0.15, 0.2) is 0 Å². The second-order valence-corrected chi connectivity index (χ2v) is 6.18. The standard InChI is InChI=1S/C25H34.CH4/c1-7-9-15-23(4)18-12-20-25(6)21-13-19-24(5)17-11-10-16-22(3)14-8-2;/h7-8,10-14,16-21H,1,9,15H2,2-6H3;1H4/b11-10+,14-8+,19-13+,20-12+,22-16+,23-18+,24-17+,25-21+;. The van der Waals surface area contributed by atoms with Crippen LogP contribution in [-0.4, -0.2) is 0 Å². The molecule has 0 aromatic rings. The summed E-state index contributed by atoms with van der Waals surface area (Å²) in [6.07, 6.45) is 29.3. The van der Waals surface area contributed by atoms with E-state index in [0.717, 1.165) is 12.8 Å². The van der Waals surface area contributed by atoms with Crippen molar-refractivity contribution in [2.75, 3.05) is 0 Å². The summed E-state index contributed by atoms with van der Waals surface area (Å²) in [6, 6.07) is 0. The summed E-state index contributed by atoms with van der Waals surface area (Å²) in [7, 11) is 0. The monoisotopic (exact) mass is 350 g/mol. The maximum atomic E-state index is 3.75. The van der Waals surface area contributed by atoms with Crippen LogP contribution in [-0.2, 0) is 0 Å². The Bertz CT molecular complexity index is 623. The van der Waals surface area contributed by atoms with Crippen molar-refractivity contribution in [2.24, 2.45) is 0 Å². The van der Waals surface area contributed by atoms with E-state index >= 15 is 0 Å². The Morgan fingerprint density at radius 1 is 0.692 bits per heavy atom. The van der Waals surface area contributed by atoms with Gasteiger partial charge < -0.3 is 0 Å². The molecule has 0 rings (SSSR count). The SMILES string of the molecule is C.C=CCC/C(C)=C/C=C/C(C)=C/C=C/C(C)=C/C=C/C=C(C)/C=C/C. The van der Waals surface area contributed by atoms with Crippen LogP contribution in [0.2, 0.25) is 0 Å². The summed E-state index contributed by atoms with van der Waals surface area (Å²) >= 11 is 0. The van der Waals surface area contributed by atoms with Gasteiger partial charge in [-0.2, -0.15) is 0 Å². The lowest BCUT2D eigenvalue weighted by Crippen LogP contribution is -1.74. The molecule has 0 aliphatic carbocycles. The molecule has 26 heavy (non-hydrogen) atoms. The van der Waals surface area contributed by atoms with Crippen LogP contribution < -0.4 is 0 Å². The molecule has 0 N–H and O–H groups in total. The Morgan fingerprint density at radius 2 is 1.15 bits per heavy atom. The third kappa shape index (κ3) is 16.5. The molecule has 0 unspecified atom stereocenters. The topological polar surface area (TPSA) is 0 Å². The minimum absolute atomic E-state index is 0. The van der Waals surface area contributed by atoms with Gasteiger partial charge in [-0.05, 0) is 47.5 Å². The quantitative estimate of drug-likeness (QED) is 0.273. The van der Waals surface area contributed by atoms with Gasteiger partial charge in [0.2, 0.25) is 0 Å². The molecule has 0 heterocycles. The molecule has 0 aromatic carbocycles. The van der Waals surface area contributed by atoms with Gasteiger partial charge >= 0.3 is 0 Å². The zero-order chi connectivity index (χ0) is 18.9. The molecule has 0 aliphatic heterocycles. The van der Waals surface area contributed by atoms with Gasteiger partial charge in [0.1, 0.15) is 0 Å². The van der Waals surface area contributed by atoms with E-state index in [0.29, 0.717) is 0 Å². The molecular formula is C26H38. The molecule has 0 saturated carbocycles. The van der Waals surface area contributed by atoms with Crippen LogP contribution in [0.25, 0.3) is 0 Å². The smallest absolute Gasteiger partial charge is 0.0285 e. The second-order valence-electron chi connectivity index (χ2n) is 6.18. The average Bonchev–Trinajstić information content (AvgIpc) is 2.57. The Labute approximate surface area is 163 Å². The summed E-state index contributed by atoms with van der Waals surface area (Å²) < 4.78 is 0. The predicted octanol–water partition coefficient (Wildman–Crippen LogP) is 8.62. The van der Waals surface area contributed by atoms with Crippen LogP contribution in [0.3, 0.4) is 0 Å². The first-order chi connectivity index (χ1) is 12.0. The van der Waals surface area contributed by atoms with Crippen LogP contribution in [0.15, 0.2) is 108 Å². The third-order valence-corrected chi connectivity index (χ3v) is 3.46. The second kappa shape index (κ2) is 17.5. The first-order valence-corrected chi connectivity index (χ1v) is 8.93. The normalized spacial score (nSPS) is 14.8. The molecule has 0 atom stereocenters. The van der Waals surface area contributed by atoms with Gasteiger partial charge in [-0.15, -0.1) is 6.58 Å². The summed E-state index contributed by atoms with van der Waals surface area (Å²) in [5.74, 6) is 0. The predicted molar refractivity (Wildman–Crippen MR) is 123 cm³/mol. The number of hydrogen-bond acceptors (Lipinski definition) is 0. The molecule has 0 amide bonds. The molecule has 0 spiro atoms. The molecule has 142 valence electrons. The van der Waals surface area contributed by atoms with E-state index in [9.17, 15) is 0 Å². The summed E-state index contributed by atoms with van der Waals surface area (Å²) in [4.78, 5) is 0. The molecule has 0 saturated heterocycles. The van der Waals surface area contributed by atoms with Crippen molar-refractivity contribution in [3.63, 3.8) is 0 Å². The highest BCUT2D eigenvalue weighted by Gasteiger charge is 1.85. The Kier molecular flexibility index (Phi) is 17.4. The van der Waals surface area contributed by atoms with Crippen molar-refractivity contribution in [3.05, 3.63) is 108 Å². The van der Waals surface area contributed by atoms with Crippen molar-refractivity contribution in [2.45, 2.75) is 54.9 Å². The molecule has 0 aromatic heterocycles. The fraction of sp³-hybridized carbons (Fsp3) is 0.308. The van der Waals surface area contributed by atoms with Crippen LogP contribution in [0, 0.1) is 0 Å². The minimum Gasteiger partial charge on any atom is -0.103 e. The molecule has 0 radical (unpaired) electrons. The molecule has 0 bridgehead atoms. The maximum absolute atomic E-state index is 3.75. The van der Waals surface area contributed by atoms with E-state index in [4.69, 9.17) is 0 Å². The molecule has 0 aliphatic rings. The minimum atomic E-state index is 0. The van der Waals surface area contributed by atoms with Gasteiger partial charge in [-0.3, -0.25) is 0 Å². The molecule has 0 heteroatoms. The Morgan fingerprint density at radius 3 is 1.65 bits per heavy atom. The Balaban J connectivity index is 0. The van der Waals surface area contributed by atoms with Gasteiger partial charge in [0.25, 0.3) is 0 Å². The fourth-order valence-electron chi connectivity index (χ4n) is 1.97. The van der Waals surface area contributed by atoms with E-state index in [1.165, 1.54) is 22.3 Å². The Hall–Kier alpha value is -2.34. The maximum Gasteiger partial charge on any atom is -0.0285 e. The average molecular weight is 351 g/mol. The van der Waals surface area contributed by atoms with Crippen LogP contribution in [0.1, 0.15) is 54.9 Å². The molecule has 0 nitrogen and oxygen atoms in total. The lowest BCUT2D eigenvalue weighted by molar-refractivity contribution is 0.980. The van der Waals surface area contributed by atoms with Crippen molar-refractivity contribution < 1.29 is 0 Å². The van der Waals surface area contributed by atoms with E-state index in [2.05, 4.69) is 101 Å². The lowest BCUT2D eigenvalue weighted by Gasteiger charge is -1.94. The van der Waals surface area contributed by atoms with Crippen LogP contribution in [0.5, 0.6) is 0 Å². The van der Waals surface area contributed by atoms with Gasteiger partial charge in [-0.25, -0.2) is 0 Å². The lowest BCUT2D eigenvalue weighted by atomic mass is 10.1. The van der Waals surface area contributed by atoms with Crippen molar-refractivity contribution in [1.29, 1.82) is 0 Å². The molecule has 0 fully saturated rings. The van der Waals surface area contributed by atoms with E-state index in [1.807, 2.05) is 19.1 Å². The fourth-order valence-corrected chi connectivity index (χ4v) is 1.97. The van der Waals surface area contributed by atoms with E-state index in [-0.39, 0.29) is 7.43 Å².